The Bertz CT molecular complexity index is 840. The van der Waals surface area contributed by atoms with E-state index in [0.717, 1.165) is 5.56 Å². The molecule has 25 heavy (non-hydrogen) atoms. The number of rotatable bonds is 5. The van der Waals surface area contributed by atoms with Crippen LogP contribution in [0.15, 0.2) is 59.5 Å². The van der Waals surface area contributed by atoms with Gasteiger partial charge in [0, 0.05) is 24.7 Å². The summed E-state index contributed by atoms with van der Waals surface area (Å²) in [7, 11) is -2.15. The van der Waals surface area contributed by atoms with Gasteiger partial charge in [-0.25, -0.2) is 8.42 Å². The molecule has 2 aromatic rings. The first kappa shape index (κ1) is 19.1. The number of nitrogens with zero attached hydrogens (tertiary/aromatic N) is 1. The summed E-state index contributed by atoms with van der Waals surface area (Å²) in [5.41, 5.74) is 0.829. The van der Waals surface area contributed by atoms with E-state index in [1.807, 2.05) is 51.1 Å². The van der Waals surface area contributed by atoms with Crippen molar-refractivity contribution in [2.75, 3.05) is 7.05 Å². The molecule has 0 bridgehead atoms. The highest BCUT2D eigenvalue weighted by atomic mass is 32.2. The van der Waals surface area contributed by atoms with Crippen molar-refractivity contribution < 1.29 is 13.2 Å². The van der Waals surface area contributed by atoms with Crippen molar-refractivity contribution in [3.05, 3.63) is 65.7 Å². The number of carbonyl (C=O) groups is 1. The van der Waals surface area contributed by atoms with E-state index in [1.54, 1.807) is 12.1 Å². The van der Waals surface area contributed by atoms with Gasteiger partial charge in [0.05, 0.1) is 4.90 Å². The number of sulfonamides is 1. The van der Waals surface area contributed by atoms with Gasteiger partial charge in [0.15, 0.2) is 0 Å². The second-order valence-corrected chi connectivity index (χ2v) is 9.02. The lowest BCUT2D eigenvalue weighted by molar-refractivity contribution is 0.0919. The minimum atomic E-state index is -3.68. The molecule has 0 aliphatic heterocycles. The molecule has 2 aromatic carbocycles. The smallest absolute Gasteiger partial charge is 0.251 e. The van der Waals surface area contributed by atoms with Gasteiger partial charge in [-0.1, -0.05) is 36.4 Å². The van der Waals surface area contributed by atoms with Crippen LogP contribution in [0.4, 0.5) is 0 Å². The van der Waals surface area contributed by atoms with Gasteiger partial charge in [-0.2, -0.15) is 4.31 Å². The van der Waals surface area contributed by atoms with Crippen LogP contribution in [0.5, 0.6) is 0 Å². The van der Waals surface area contributed by atoms with Gasteiger partial charge in [0.25, 0.3) is 5.91 Å². The molecule has 0 fully saturated rings. The maximum atomic E-state index is 12.8. The average molecular weight is 360 g/mol. The summed E-state index contributed by atoms with van der Waals surface area (Å²) in [6, 6.07) is 15.5. The predicted octanol–water partition coefficient (Wildman–Crippen LogP) is 3.04. The quantitative estimate of drug-likeness (QED) is 0.891. The summed E-state index contributed by atoms with van der Waals surface area (Å²) in [5.74, 6) is -0.296. The van der Waals surface area contributed by atoms with Crippen LogP contribution in [0.1, 0.15) is 36.7 Å². The Morgan fingerprint density at radius 2 is 1.68 bits per heavy atom. The second kappa shape index (κ2) is 7.37. The van der Waals surface area contributed by atoms with Crippen LogP contribution in [0.25, 0.3) is 0 Å². The summed E-state index contributed by atoms with van der Waals surface area (Å²) < 4.78 is 26.9. The van der Waals surface area contributed by atoms with Gasteiger partial charge < -0.3 is 5.32 Å². The van der Waals surface area contributed by atoms with Crippen molar-refractivity contribution in [2.45, 2.75) is 37.8 Å². The highest BCUT2D eigenvalue weighted by Crippen LogP contribution is 2.18. The van der Waals surface area contributed by atoms with E-state index in [-0.39, 0.29) is 17.3 Å². The molecule has 0 heterocycles. The highest BCUT2D eigenvalue weighted by molar-refractivity contribution is 7.89. The summed E-state index contributed by atoms with van der Waals surface area (Å²) in [6.07, 6.45) is 0. The Morgan fingerprint density at radius 3 is 2.28 bits per heavy atom. The van der Waals surface area contributed by atoms with Crippen LogP contribution in [0.2, 0.25) is 0 Å². The van der Waals surface area contributed by atoms with Gasteiger partial charge in [0.1, 0.15) is 0 Å². The van der Waals surface area contributed by atoms with Crippen molar-refractivity contribution in [1.29, 1.82) is 0 Å². The molecule has 5 nitrogen and oxygen atoms in total. The van der Waals surface area contributed by atoms with Crippen molar-refractivity contribution in [3.8, 4) is 0 Å². The summed E-state index contributed by atoms with van der Waals surface area (Å²) in [5, 5.41) is 2.84. The summed E-state index contributed by atoms with van der Waals surface area (Å²) in [6.45, 7) is 5.89. The Balaban J connectivity index is 2.24. The number of hydrogen-bond donors (Lipinski definition) is 1. The monoisotopic (exact) mass is 360 g/mol. The van der Waals surface area contributed by atoms with Gasteiger partial charge in [-0.05, 0) is 44.5 Å². The second-order valence-electron chi connectivity index (χ2n) is 6.98. The molecule has 1 N–H and O–H groups in total. The molecule has 0 aromatic heterocycles. The first-order chi connectivity index (χ1) is 11.6. The highest BCUT2D eigenvalue weighted by Gasteiger charge is 2.23. The zero-order valence-electron chi connectivity index (χ0n) is 15.0. The van der Waals surface area contributed by atoms with Crippen molar-refractivity contribution in [3.63, 3.8) is 0 Å². The fourth-order valence-electron chi connectivity index (χ4n) is 2.32. The van der Waals surface area contributed by atoms with E-state index >= 15 is 0 Å². The number of nitrogens with one attached hydrogen (secondary N) is 1. The minimum Gasteiger partial charge on any atom is -0.347 e. The van der Waals surface area contributed by atoms with Crippen molar-refractivity contribution in [1.82, 2.24) is 9.62 Å². The lowest BCUT2D eigenvalue weighted by Gasteiger charge is -2.21. The van der Waals surface area contributed by atoms with Crippen molar-refractivity contribution >= 4 is 15.9 Å². The molecule has 0 saturated carbocycles. The van der Waals surface area contributed by atoms with Gasteiger partial charge >= 0.3 is 0 Å². The molecule has 134 valence electrons. The number of amides is 1. The summed E-state index contributed by atoms with van der Waals surface area (Å²) in [4.78, 5) is 12.4. The molecule has 0 spiro atoms. The maximum absolute atomic E-state index is 12.8. The van der Waals surface area contributed by atoms with E-state index in [2.05, 4.69) is 5.32 Å². The van der Waals surface area contributed by atoms with E-state index in [0.29, 0.717) is 5.56 Å². The molecule has 1 amide bonds. The SMILES string of the molecule is CN(Cc1ccccc1)S(=O)(=O)c1cccc(C(=O)NC(C)(C)C)c1. The number of benzene rings is 2. The van der Waals surface area contributed by atoms with Gasteiger partial charge in [-0.3, -0.25) is 4.79 Å². The van der Waals surface area contributed by atoms with Gasteiger partial charge in [0.2, 0.25) is 10.0 Å². The van der Waals surface area contributed by atoms with Crippen LogP contribution >= 0.6 is 0 Å². The van der Waals surface area contributed by atoms with E-state index < -0.39 is 15.6 Å². The third-order valence-corrected chi connectivity index (χ3v) is 5.34. The lowest BCUT2D eigenvalue weighted by Crippen LogP contribution is -2.40. The zero-order chi connectivity index (χ0) is 18.7. The zero-order valence-corrected chi connectivity index (χ0v) is 15.8. The topological polar surface area (TPSA) is 66.5 Å². The number of hydrogen-bond acceptors (Lipinski definition) is 3. The predicted molar refractivity (Wildman–Crippen MR) is 98.8 cm³/mol. The summed E-state index contributed by atoms with van der Waals surface area (Å²) >= 11 is 0. The van der Waals surface area contributed by atoms with Gasteiger partial charge in [-0.15, -0.1) is 0 Å². The Hall–Kier alpha value is -2.18. The molecule has 0 aliphatic rings. The first-order valence-corrected chi connectivity index (χ1v) is 9.46. The average Bonchev–Trinajstić information content (AvgIpc) is 2.54. The van der Waals surface area contributed by atoms with Crippen LogP contribution < -0.4 is 5.32 Å². The molecule has 2 rings (SSSR count). The van der Waals surface area contributed by atoms with E-state index in [9.17, 15) is 13.2 Å². The number of carbonyl (C=O) groups excluding carboxylic acids is 1. The van der Waals surface area contributed by atoms with E-state index in [1.165, 1.54) is 23.5 Å². The molecule has 0 radical (unpaired) electrons. The Morgan fingerprint density at radius 1 is 1.04 bits per heavy atom. The van der Waals surface area contributed by atoms with Crippen LogP contribution in [-0.4, -0.2) is 31.2 Å². The Labute approximate surface area is 149 Å². The van der Waals surface area contributed by atoms with E-state index in [4.69, 9.17) is 0 Å². The molecular weight excluding hydrogens is 336 g/mol. The van der Waals surface area contributed by atoms with Crippen molar-refractivity contribution in [2.24, 2.45) is 0 Å². The fraction of sp³-hybridized carbons (Fsp3) is 0.316. The largest absolute Gasteiger partial charge is 0.347 e. The first-order valence-electron chi connectivity index (χ1n) is 8.02. The molecule has 0 aliphatic carbocycles. The molecule has 6 heteroatoms. The molecular formula is C19H24N2O3S. The molecule has 0 saturated heterocycles. The molecule has 0 atom stereocenters. The van der Waals surface area contributed by atoms with Crippen LogP contribution in [-0.2, 0) is 16.6 Å². The van der Waals surface area contributed by atoms with Crippen LogP contribution in [0.3, 0.4) is 0 Å². The molecule has 0 unspecified atom stereocenters. The van der Waals surface area contributed by atoms with Crippen LogP contribution in [0, 0.1) is 0 Å². The lowest BCUT2D eigenvalue weighted by atomic mass is 10.1. The third-order valence-electron chi connectivity index (χ3n) is 3.54. The maximum Gasteiger partial charge on any atom is 0.251 e. The fourth-order valence-corrected chi connectivity index (χ4v) is 3.52. The standard InChI is InChI=1S/C19H24N2O3S/c1-19(2,3)20-18(22)16-11-8-12-17(13-16)25(23,24)21(4)14-15-9-6-5-7-10-15/h5-13H,14H2,1-4H3,(H,20,22). The third kappa shape index (κ3) is 5.14. The Kier molecular flexibility index (Phi) is 5.65. The minimum absolute atomic E-state index is 0.104. The normalized spacial score (nSPS) is 12.2.